The Balaban J connectivity index is 1.76. The summed E-state index contributed by atoms with van der Waals surface area (Å²) in [6.07, 6.45) is 5.04. The molecule has 2 rings (SSSR count). The van der Waals surface area contributed by atoms with Crippen molar-refractivity contribution in [1.29, 1.82) is 0 Å². The summed E-state index contributed by atoms with van der Waals surface area (Å²) in [5, 5.41) is 0. The van der Waals surface area contributed by atoms with E-state index in [-0.39, 0.29) is 0 Å². The highest BCUT2D eigenvalue weighted by Crippen LogP contribution is 2.23. The van der Waals surface area contributed by atoms with Gasteiger partial charge in [0.2, 0.25) is 0 Å². The topological polar surface area (TPSA) is 9.23 Å². The maximum absolute atomic E-state index is 6.24. The Morgan fingerprint density at radius 1 is 0.920 bits per heavy atom. The van der Waals surface area contributed by atoms with E-state index in [0.29, 0.717) is 0 Å². The van der Waals surface area contributed by atoms with Gasteiger partial charge in [0, 0.05) is 0 Å². The molecule has 1 unspecified atom stereocenters. The lowest BCUT2D eigenvalue weighted by atomic mass is 9.98. The molecule has 1 heteroatoms. The molecule has 0 N–H and O–H groups in total. The summed E-state index contributed by atoms with van der Waals surface area (Å²) in [5.74, 6) is 2.43. The van der Waals surface area contributed by atoms with Gasteiger partial charge in [0.1, 0.15) is 5.75 Å². The lowest BCUT2D eigenvalue weighted by molar-refractivity contribution is 0.275. The minimum atomic E-state index is 0.719. The molecule has 0 amide bonds. The minimum absolute atomic E-state index is 0.719. The summed E-state index contributed by atoms with van der Waals surface area (Å²) >= 11 is 0. The largest absolute Gasteiger partial charge is 0.494 e. The molecule has 1 atom stereocenters. The zero-order valence-corrected chi connectivity index (χ0v) is 15.8. The highest BCUT2D eigenvalue weighted by Gasteiger charge is 2.05. The Morgan fingerprint density at radius 3 is 2.20 bits per heavy atom. The van der Waals surface area contributed by atoms with Crippen LogP contribution in [-0.4, -0.2) is 6.61 Å². The fraction of sp³-hybridized carbons (Fsp3) is 0.417. The number of rotatable bonds is 10. The van der Waals surface area contributed by atoms with E-state index in [4.69, 9.17) is 11.3 Å². The number of benzene rings is 2. The maximum atomic E-state index is 6.24. The molecule has 0 fully saturated rings. The third-order valence-electron chi connectivity index (χ3n) is 4.55. The van der Waals surface area contributed by atoms with E-state index >= 15 is 0 Å². The Bertz CT molecular complexity index is 625. The molecule has 132 valence electrons. The number of hydrogen-bond acceptors (Lipinski definition) is 1. The first-order valence-corrected chi connectivity index (χ1v) is 9.38. The van der Waals surface area contributed by atoms with Crippen LogP contribution in [-0.2, 0) is 0 Å². The molecule has 25 heavy (non-hydrogen) atoms. The fourth-order valence-electron chi connectivity index (χ4n) is 2.86. The molecule has 2 radical (unpaired) electrons. The predicted octanol–water partition coefficient (Wildman–Crippen LogP) is 6.58. The standard InChI is InChI=1S/C24H30O/c1-19(2)9-8-10-20(3)17-18-25-24-15-13-23(14-16-24)21(4)22-11-6-5-7-12-22/h4,6-7,11-16,19-20H,8-10,17-18H2,1-3H3. The van der Waals surface area contributed by atoms with Crippen LogP contribution in [0.25, 0.3) is 5.57 Å². The van der Waals surface area contributed by atoms with E-state index in [1.165, 1.54) is 19.3 Å². The van der Waals surface area contributed by atoms with Gasteiger partial charge in [-0.15, -0.1) is 0 Å². The van der Waals surface area contributed by atoms with Gasteiger partial charge in [0.15, 0.2) is 0 Å². The Kier molecular flexibility index (Phi) is 7.78. The third kappa shape index (κ3) is 6.78. The Labute approximate surface area is 153 Å². The molecule has 0 aliphatic heterocycles. The van der Waals surface area contributed by atoms with Crippen molar-refractivity contribution in [3.8, 4) is 5.75 Å². The molecule has 2 aromatic carbocycles. The number of hydrogen-bond donors (Lipinski definition) is 0. The van der Waals surface area contributed by atoms with Crippen LogP contribution in [0.1, 0.15) is 57.6 Å². The second-order valence-corrected chi connectivity index (χ2v) is 7.29. The third-order valence-corrected chi connectivity index (χ3v) is 4.55. The van der Waals surface area contributed by atoms with Gasteiger partial charge in [-0.25, -0.2) is 0 Å². The summed E-state index contributed by atoms with van der Waals surface area (Å²) < 4.78 is 5.89. The van der Waals surface area contributed by atoms with Gasteiger partial charge in [-0.3, -0.25) is 0 Å². The van der Waals surface area contributed by atoms with Crippen LogP contribution in [0, 0.1) is 24.5 Å². The smallest absolute Gasteiger partial charge is 0.119 e. The first-order chi connectivity index (χ1) is 12.1. The van der Waals surface area contributed by atoms with Crippen molar-refractivity contribution in [3.63, 3.8) is 0 Å². The van der Waals surface area contributed by atoms with Crippen molar-refractivity contribution in [2.75, 3.05) is 6.61 Å². The molecule has 0 spiro atoms. The van der Waals surface area contributed by atoms with Gasteiger partial charge in [-0.1, -0.05) is 83.0 Å². The van der Waals surface area contributed by atoms with Crippen LogP contribution >= 0.6 is 0 Å². The Morgan fingerprint density at radius 2 is 1.56 bits per heavy atom. The van der Waals surface area contributed by atoms with Gasteiger partial charge in [-0.05, 0) is 53.2 Å². The first kappa shape index (κ1) is 19.3. The van der Waals surface area contributed by atoms with Crippen molar-refractivity contribution >= 4 is 5.57 Å². The van der Waals surface area contributed by atoms with Crippen LogP contribution in [0.15, 0.2) is 48.5 Å². The minimum Gasteiger partial charge on any atom is -0.494 e. The lowest BCUT2D eigenvalue weighted by Gasteiger charge is -2.13. The van der Waals surface area contributed by atoms with Gasteiger partial charge < -0.3 is 4.74 Å². The quantitative estimate of drug-likeness (QED) is 0.476. The molecule has 0 aromatic heterocycles. The summed E-state index contributed by atoms with van der Waals surface area (Å²) in [6, 6.07) is 18.8. The van der Waals surface area contributed by atoms with Crippen LogP contribution < -0.4 is 4.74 Å². The Hall–Kier alpha value is -2.02. The summed E-state index contributed by atoms with van der Waals surface area (Å²) in [7, 11) is 0. The zero-order valence-electron chi connectivity index (χ0n) is 15.8. The van der Waals surface area contributed by atoms with Crippen LogP contribution in [0.4, 0.5) is 0 Å². The monoisotopic (exact) mass is 334 g/mol. The molecular formula is C24H30O. The van der Waals surface area contributed by atoms with E-state index in [9.17, 15) is 0 Å². The molecule has 0 saturated heterocycles. The van der Waals surface area contributed by atoms with Crippen molar-refractivity contribution < 1.29 is 4.74 Å². The van der Waals surface area contributed by atoms with Crippen molar-refractivity contribution in [3.05, 3.63) is 72.3 Å². The number of ether oxygens (including phenoxy) is 1. The SMILES string of the molecule is [CH]=C(c1cc[c]cc1)c1ccc(OCCC(C)CCCC(C)C)cc1. The zero-order chi connectivity index (χ0) is 18.1. The summed E-state index contributed by atoms with van der Waals surface area (Å²) in [5.41, 5.74) is 2.81. The maximum Gasteiger partial charge on any atom is 0.119 e. The van der Waals surface area contributed by atoms with Gasteiger partial charge >= 0.3 is 0 Å². The summed E-state index contributed by atoms with van der Waals surface area (Å²) in [4.78, 5) is 0. The van der Waals surface area contributed by atoms with Crippen LogP contribution in [0.5, 0.6) is 5.75 Å². The highest BCUT2D eigenvalue weighted by atomic mass is 16.5. The van der Waals surface area contributed by atoms with E-state index in [0.717, 1.165) is 47.3 Å². The van der Waals surface area contributed by atoms with Gasteiger partial charge in [0.25, 0.3) is 0 Å². The molecular weight excluding hydrogens is 304 g/mol. The highest BCUT2D eigenvalue weighted by molar-refractivity contribution is 5.77. The van der Waals surface area contributed by atoms with E-state index < -0.39 is 0 Å². The van der Waals surface area contributed by atoms with Crippen LogP contribution in [0.3, 0.4) is 0 Å². The molecule has 2 aromatic rings. The van der Waals surface area contributed by atoms with Crippen LogP contribution in [0.2, 0.25) is 0 Å². The molecule has 1 nitrogen and oxygen atoms in total. The van der Waals surface area contributed by atoms with Gasteiger partial charge in [-0.2, -0.15) is 0 Å². The molecule has 0 bridgehead atoms. The first-order valence-electron chi connectivity index (χ1n) is 9.38. The average molecular weight is 335 g/mol. The lowest BCUT2D eigenvalue weighted by Crippen LogP contribution is -2.04. The van der Waals surface area contributed by atoms with Crippen molar-refractivity contribution in [1.82, 2.24) is 0 Å². The average Bonchev–Trinajstić information content (AvgIpc) is 2.62. The second kappa shape index (κ2) is 10.1. The molecule has 0 heterocycles. The van der Waals surface area contributed by atoms with E-state index in [2.05, 4.69) is 26.8 Å². The van der Waals surface area contributed by atoms with Gasteiger partial charge in [0.05, 0.1) is 6.61 Å². The molecule has 0 aliphatic rings. The fourth-order valence-corrected chi connectivity index (χ4v) is 2.86. The molecule has 0 saturated carbocycles. The molecule has 0 aliphatic carbocycles. The van der Waals surface area contributed by atoms with Crippen molar-refractivity contribution in [2.45, 2.75) is 46.5 Å². The van der Waals surface area contributed by atoms with Crippen molar-refractivity contribution in [2.24, 2.45) is 11.8 Å². The second-order valence-electron chi connectivity index (χ2n) is 7.29. The normalized spacial score (nSPS) is 12.2. The van der Waals surface area contributed by atoms with E-state index in [1.807, 2.05) is 48.5 Å². The summed E-state index contributed by atoms with van der Waals surface area (Å²) in [6.45, 7) is 13.9. The predicted molar refractivity (Wildman–Crippen MR) is 106 cm³/mol. The van der Waals surface area contributed by atoms with E-state index in [1.54, 1.807) is 0 Å².